The van der Waals surface area contributed by atoms with Gasteiger partial charge >= 0.3 is 5.97 Å². The number of methoxy groups -OCH3 is 1. The Bertz CT molecular complexity index is 427. The Morgan fingerprint density at radius 3 is 3.06 bits per heavy atom. The van der Waals surface area contributed by atoms with E-state index in [1.165, 1.54) is 7.11 Å². The van der Waals surface area contributed by atoms with Gasteiger partial charge in [-0.05, 0) is 31.4 Å². The van der Waals surface area contributed by atoms with Crippen molar-refractivity contribution in [3.8, 4) is 5.75 Å². The molecule has 4 heteroatoms. The first-order chi connectivity index (χ1) is 8.13. The Morgan fingerprint density at radius 1 is 1.59 bits per heavy atom. The molecule has 2 unspecified atom stereocenters. The molecule has 2 rings (SSSR count). The van der Waals surface area contributed by atoms with Crippen molar-refractivity contribution in [2.24, 2.45) is 0 Å². The first kappa shape index (κ1) is 11.9. The molecule has 1 aromatic rings. The van der Waals surface area contributed by atoms with Crippen LogP contribution in [0.2, 0.25) is 0 Å². The Morgan fingerprint density at radius 2 is 2.35 bits per heavy atom. The van der Waals surface area contributed by atoms with Gasteiger partial charge < -0.3 is 14.6 Å². The molecule has 0 saturated carbocycles. The van der Waals surface area contributed by atoms with E-state index < -0.39 is 12.1 Å². The summed E-state index contributed by atoms with van der Waals surface area (Å²) in [5.41, 5.74) is 1.49. The number of carbonyl (C=O) groups excluding carboxylic acids is 1. The van der Waals surface area contributed by atoms with Crippen LogP contribution in [-0.4, -0.2) is 24.3 Å². The van der Waals surface area contributed by atoms with E-state index in [2.05, 4.69) is 4.74 Å². The highest BCUT2D eigenvalue weighted by atomic mass is 16.5. The summed E-state index contributed by atoms with van der Waals surface area (Å²) >= 11 is 0. The van der Waals surface area contributed by atoms with Crippen LogP contribution in [0.3, 0.4) is 0 Å². The van der Waals surface area contributed by atoms with Gasteiger partial charge in [-0.3, -0.25) is 0 Å². The van der Waals surface area contributed by atoms with Crippen molar-refractivity contribution < 1.29 is 19.4 Å². The average molecular weight is 236 g/mol. The van der Waals surface area contributed by atoms with E-state index in [-0.39, 0.29) is 6.10 Å². The predicted octanol–water partition coefficient (Wildman–Crippen LogP) is 1.61. The first-order valence-electron chi connectivity index (χ1n) is 5.68. The van der Waals surface area contributed by atoms with Crippen molar-refractivity contribution in [2.75, 3.05) is 7.11 Å². The summed E-state index contributed by atoms with van der Waals surface area (Å²) in [5, 5.41) is 9.88. The SMILES string of the molecule is COC(=O)C(O)c1cccc2c1CCC(C)O2. The van der Waals surface area contributed by atoms with E-state index in [0.717, 1.165) is 24.2 Å². The third-order valence-corrected chi connectivity index (χ3v) is 3.02. The van der Waals surface area contributed by atoms with Crippen molar-refractivity contribution in [1.82, 2.24) is 0 Å². The number of benzene rings is 1. The molecule has 0 saturated heterocycles. The maximum Gasteiger partial charge on any atom is 0.339 e. The summed E-state index contributed by atoms with van der Waals surface area (Å²) in [4.78, 5) is 11.3. The maximum atomic E-state index is 11.3. The smallest absolute Gasteiger partial charge is 0.339 e. The summed E-state index contributed by atoms with van der Waals surface area (Å²) < 4.78 is 10.2. The highest BCUT2D eigenvalue weighted by Crippen LogP contribution is 2.33. The normalized spacial score (nSPS) is 20.1. The molecule has 0 amide bonds. The van der Waals surface area contributed by atoms with Crippen molar-refractivity contribution in [3.05, 3.63) is 29.3 Å². The number of rotatable bonds is 2. The third-order valence-electron chi connectivity index (χ3n) is 3.02. The molecule has 0 aliphatic carbocycles. The van der Waals surface area contributed by atoms with Crippen LogP contribution in [0.25, 0.3) is 0 Å². The summed E-state index contributed by atoms with van der Waals surface area (Å²) in [7, 11) is 1.26. The summed E-state index contributed by atoms with van der Waals surface area (Å²) in [6.07, 6.45) is 0.638. The molecule has 0 radical (unpaired) electrons. The Balaban J connectivity index is 2.36. The van der Waals surface area contributed by atoms with Gasteiger partial charge in [0.05, 0.1) is 13.2 Å². The molecule has 1 aliphatic rings. The second kappa shape index (κ2) is 4.75. The molecule has 0 spiro atoms. The second-order valence-electron chi connectivity index (χ2n) is 4.22. The number of carbonyl (C=O) groups is 1. The van der Waals surface area contributed by atoms with Gasteiger partial charge in [-0.2, -0.15) is 0 Å². The van der Waals surface area contributed by atoms with E-state index >= 15 is 0 Å². The largest absolute Gasteiger partial charge is 0.490 e. The zero-order chi connectivity index (χ0) is 12.4. The fourth-order valence-electron chi connectivity index (χ4n) is 2.08. The van der Waals surface area contributed by atoms with Gasteiger partial charge in [-0.25, -0.2) is 4.79 Å². The fraction of sp³-hybridized carbons (Fsp3) is 0.462. The molecule has 1 heterocycles. The van der Waals surface area contributed by atoms with Crippen LogP contribution in [0.5, 0.6) is 5.75 Å². The summed E-state index contributed by atoms with van der Waals surface area (Å²) in [5.74, 6) is 0.112. The van der Waals surface area contributed by atoms with Crippen LogP contribution in [0.15, 0.2) is 18.2 Å². The number of hydrogen-bond donors (Lipinski definition) is 1. The number of esters is 1. The minimum atomic E-state index is -1.23. The minimum Gasteiger partial charge on any atom is -0.490 e. The third kappa shape index (κ3) is 2.26. The van der Waals surface area contributed by atoms with E-state index in [0.29, 0.717) is 5.56 Å². The summed E-state index contributed by atoms with van der Waals surface area (Å²) in [6, 6.07) is 5.37. The van der Waals surface area contributed by atoms with Gasteiger partial charge in [-0.15, -0.1) is 0 Å². The number of ether oxygens (including phenoxy) is 2. The fourth-order valence-corrected chi connectivity index (χ4v) is 2.08. The van der Waals surface area contributed by atoms with Gasteiger partial charge in [-0.1, -0.05) is 12.1 Å². The standard InChI is InChI=1S/C13H16O4/c1-8-6-7-9-10(12(14)13(15)16-2)4-3-5-11(9)17-8/h3-5,8,12,14H,6-7H2,1-2H3. The monoisotopic (exact) mass is 236 g/mol. The van der Waals surface area contributed by atoms with Crippen LogP contribution >= 0.6 is 0 Å². The van der Waals surface area contributed by atoms with Crippen molar-refractivity contribution in [2.45, 2.75) is 32.0 Å². The second-order valence-corrected chi connectivity index (χ2v) is 4.22. The van der Waals surface area contributed by atoms with Crippen molar-refractivity contribution in [3.63, 3.8) is 0 Å². The van der Waals surface area contributed by atoms with Crippen LogP contribution in [-0.2, 0) is 16.0 Å². The van der Waals surface area contributed by atoms with E-state index in [1.54, 1.807) is 12.1 Å². The molecule has 1 aliphatic heterocycles. The quantitative estimate of drug-likeness (QED) is 0.792. The Kier molecular flexibility index (Phi) is 3.33. The molecule has 0 fully saturated rings. The zero-order valence-electron chi connectivity index (χ0n) is 9.97. The Labute approximate surface area is 100 Å². The highest BCUT2D eigenvalue weighted by Gasteiger charge is 2.26. The van der Waals surface area contributed by atoms with Gasteiger partial charge in [0.25, 0.3) is 0 Å². The van der Waals surface area contributed by atoms with Crippen LogP contribution in [0, 0.1) is 0 Å². The van der Waals surface area contributed by atoms with Gasteiger partial charge in [0, 0.05) is 5.56 Å². The van der Waals surface area contributed by atoms with E-state index in [4.69, 9.17) is 4.74 Å². The molecular weight excluding hydrogens is 220 g/mol. The zero-order valence-corrected chi connectivity index (χ0v) is 9.97. The van der Waals surface area contributed by atoms with Crippen molar-refractivity contribution in [1.29, 1.82) is 0 Å². The molecule has 0 aromatic heterocycles. The average Bonchev–Trinajstić information content (AvgIpc) is 2.35. The number of hydrogen-bond acceptors (Lipinski definition) is 4. The lowest BCUT2D eigenvalue weighted by molar-refractivity contribution is -0.150. The number of aliphatic hydroxyl groups excluding tert-OH is 1. The highest BCUT2D eigenvalue weighted by molar-refractivity contribution is 5.77. The molecule has 2 atom stereocenters. The van der Waals surface area contributed by atoms with Crippen LogP contribution in [0.1, 0.15) is 30.6 Å². The predicted molar refractivity (Wildman–Crippen MR) is 61.8 cm³/mol. The lowest BCUT2D eigenvalue weighted by Gasteiger charge is -2.26. The lowest BCUT2D eigenvalue weighted by Crippen LogP contribution is -2.22. The van der Waals surface area contributed by atoms with Crippen LogP contribution in [0.4, 0.5) is 0 Å². The molecule has 4 nitrogen and oxygen atoms in total. The van der Waals surface area contributed by atoms with Gasteiger partial charge in [0.1, 0.15) is 5.75 Å². The molecule has 1 aromatic carbocycles. The van der Waals surface area contributed by atoms with Crippen LogP contribution < -0.4 is 4.74 Å². The molecular formula is C13H16O4. The van der Waals surface area contributed by atoms with E-state index in [1.807, 2.05) is 13.0 Å². The molecule has 17 heavy (non-hydrogen) atoms. The lowest BCUT2D eigenvalue weighted by atomic mass is 9.94. The summed E-state index contributed by atoms with van der Waals surface area (Å²) in [6.45, 7) is 2.01. The minimum absolute atomic E-state index is 0.174. The first-order valence-corrected chi connectivity index (χ1v) is 5.68. The number of fused-ring (bicyclic) bond motifs is 1. The van der Waals surface area contributed by atoms with Gasteiger partial charge in [0.2, 0.25) is 0 Å². The Hall–Kier alpha value is -1.55. The molecule has 92 valence electrons. The van der Waals surface area contributed by atoms with Crippen molar-refractivity contribution >= 4 is 5.97 Å². The van der Waals surface area contributed by atoms with Gasteiger partial charge in [0.15, 0.2) is 6.10 Å². The maximum absolute atomic E-state index is 11.3. The van der Waals surface area contributed by atoms with E-state index in [9.17, 15) is 9.90 Å². The molecule has 1 N–H and O–H groups in total. The molecule has 0 bridgehead atoms. The number of aliphatic hydroxyl groups is 1. The topological polar surface area (TPSA) is 55.8 Å².